The van der Waals surface area contributed by atoms with Crippen LogP contribution in [0.3, 0.4) is 0 Å². The van der Waals surface area contributed by atoms with Crippen LogP contribution in [-0.4, -0.2) is 17.2 Å². The lowest BCUT2D eigenvalue weighted by molar-refractivity contribution is -0.255. The number of rotatable bonds is 4. The second kappa shape index (κ2) is 6.46. The topological polar surface area (TPSA) is 77.4 Å². The number of benzene rings is 2. The molecule has 1 aromatic heterocycles. The van der Waals surface area contributed by atoms with Crippen LogP contribution < -0.4 is 10.5 Å². The van der Waals surface area contributed by atoms with Crippen LogP contribution in [0.15, 0.2) is 59.8 Å². The fourth-order valence-electron chi connectivity index (χ4n) is 2.19. The van der Waals surface area contributed by atoms with E-state index in [1.165, 1.54) is 12.3 Å². The first-order valence-electron chi connectivity index (χ1n) is 6.79. The van der Waals surface area contributed by atoms with Crippen molar-refractivity contribution >= 4 is 40.4 Å². The Kier molecular flexibility index (Phi) is 4.21. The summed E-state index contributed by atoms with van der Waals surface area (Å²) in [7, 11) is 0. The largest absolute Gasteiger partial charge is 0.545 e. The average Bonchev–Trinajstić information content (AvgIpc) is 2.55. The van der Waals surface area contributed by atoms with E-state index < -0.39 is 5.97 Å². The highest BCUT2D eigenvalue weighted by molar-refractivity contribution is 6.31. The van der Waals surface area contributed by atoms with E-state index in [1.54, 1.807) is 42.6 Å². The zero-order valence-electron chi connectivity index (χ0n) is 11.9. The van der Waals surface area contributed by atoms with E-state index in [2.05, 4.69) is 15.5 Å². The number of aromatic nitrogens is 1. The van der Waals surface area contributed by atoms with Crippen molar-refractivity contribution in [1.82, 2.24) is 4.98 Å². The van der Waals surface area contributed by atoms with Gasteiger partial charge in [0, 0.05) is 27.7 Å². The fraction of sp³-hybridized carbons (Fsp3) is 0. The quantitative estimate of drug-likeness (QED) is 0.591. The predicted octanol–water partition coefficient (Wildman–Crippen LogP) is 2.70. The number of carboxylic acid groups (broad SMARTS) is 1. The number of aromatic carboxylic acids is 1. The summed E-state index contributed by atoms with van der Waals surface area (Å²) < 4.78 is 0. The minimum atomic E-state index is -1.24. The number of anilines is 1. The Morgan fingerprint density at radius 1 is 1.22 bits per heavy atom. The van der Waals surface area contributed by atoms with Crippen molar-refractivity contribution in [2.45, 2.75) is 0 Å². The standard InChI is InChI=1S/C17H12ClN3O2/c18-12-5-6-14-15(7-8-19-16(14)9-12)21-20-10-11-3-1-2-4-13(11)17(22)23/h1-10H,(H,19,21)(H,22,23)/p-1/b20-10-. The molecule has 0 saturated heterocycles. The highest BCUT2D eigenvalue weighted by atomic mass is 35.5. The van der Waals surface area contributed by atoms with Gasteiger partial charge in [-0.1, -0.05) is 35.9 Å². The molecule has 6 heteroatoms. The van der Waals surface area contributed by atoms with Crippen LogP contribution >= 0.6 is 11.6 Å². The third-order valence-corrected chi connectivity index (χ3v) is 3.51. The van der Waals surface area contributed by atoms with Crippen molar-refractivity contribution in [3.8, 4) is 0 Å². The molecule has 0 aliphatic rings. The Morgan fingerprint density at radius 2 is 2.04 bits per heavy atom. The monoisotopic (exact) mass is 324 g/mol. The van der Waals surface area contributed by atoms with Crippen molar-refractivity contribution in [1.29, 1.82) is 0 Å². The summed E-state index contributed by atoms with van der Waals surface area (Å²) in [6.07, 6.45) is 3.08. The molecule has 1 heterocycles. The first-order chi connectivity index (χ1) is 11.1. The number of carbonyl (C=O) groups excluding carboxylic acids is 1. The van der Waals surface area contributed by atoms with Gasteiger partial charge in [0.1, 0.15) is 0 Å². The number of carbonyl (C=O) groups is 1. The molecule has 3 aromatic rings. The van der Waals surface area contributed by atoms with Gasteiger partial charge in [-0.05, 0) is 24.3 Å². The number of nitrogens with zero attached hydrogens (tertiary/aromatic N) is 2. The minimum absolute atomic E-state index is 0.0874. The molecule has 3 rings (SSSR count). The third kappa shape index (κ3) is 3.30. The molecule has 0 aliphatic heterocycles. The zero-order valence-corrected chi connectivity index (χ0v) is 12.6. The molecule has 0 atom stereocenters. The zero-order chi connectivity index (χ0) is 16.2. The smallest absolute Gasteiger partial charge is 0.0738 e. The molecule has 0 radical (unpaired) electrons. The fourth-order valence-corrected chi connectivity index (χ4v) is 2.35. The van der Waals surface area contributed by atoms with Crippen LogP contribution in [0.5, 0.6) is 0 Å². The van der Waals surface area contributed by atoms with E-state index >= 15 is 0 Å². The van der Waals surface area contributed by atoms with Crippen LogP contribution in [0.1, 0.15) is 15.9 Å². The normalized spacial score (nSPS) is 11.0. The highest BCUT2D eigenvalue weighted by Gasteiger charge is 2.02. The van der Waals surface area contributed by atoms with Gasteiger partial charge in [0.05, 0.1) is 23.4 Å². The molecule has 0 aliphatic carbocycles. The molecule has 0 fully saturated rings. The molecule has 0 saturated carbocycles. The van der Waals surface area contributed by atoms with Gasteiger partial charge in [-0.15, -0.1) is 0 Å². The Bertz CT molecular complexity index is 909. The lowest BCUT2D eigenvalue weighted by atomic mass is 10.1. The number of hydrazone groups is 1. The summed E-state index contributed by atoms with van der Waals surface area (Å²) in [6, 6.07) is 13.6. The van der Waals surface area contributed by atoms with E-state index in [0.717, 1.165) is 16.6 Å². The highest BCUT2D eigenvalue weighted by Crippen LogP contribution is 2.24. The Balaban J connectivity index is 1.88. The van der Waals surface area contributed by atoms with Gasteiger partial charge < -0.3 is 9.90 Å². The van der Waals surface area contributed by atoms with E-state index in [9.17, 15) is 9.90 Å². The number of hydrogen-bond donors (Lipinski definition) is 1. The minimum Gasteiger partial charge on any atom is -0.545 e. The summed E-state index contributed by atoms with van der Waals surface area (Å²) >= 11 is 5.95. The van der Waals surface area contributed by atoms with Crippen molar-refractivity contribution in [2.24, 2.45) is 5.10 Å². The van der Waals surface area contributed by atoms with E-state index in [-0.39, 0.29) is 5.56 Å². The van der Waals surface area contributed by atoms with Gasteiger partial charge in [0.15, 0.2) is 0 Å². The van der Waals surface area contributed by atoms with Gasteiger partial charge in [-0.3, -0.25) is 10.4 Å². The Hall–Kier alpha value is -2.92. The molecule has 114 valence electrons. The molecule has 23 heavy (non-hydrogen) atoms. The summed E-state index contributed by atoms with van der Waals surface area (Å²) in [5, 5.41) is 16.6. The van der Waals surface area contributed by atoms with E-state index in [0.29, 0.717) is 10.6 Å². The number of nitrogens with one attached hydrogen (secondary N) is 1. The van der Waals surface area contributed by atoms with Crippen molar-refractivity contribution in [3.63, 3.8) is 0 Å². The van der Waals surface area contributed by atoms with Gasteiger partial charge in [0.2, 0.25) is 0 Å². The molecule has 0 bridgehead atoms. The molecule has 0 unspecified atom stereocenters. The van der Waals surface area contributed by atoms with Crippen molar-refractivity contribution < 1.29 is 9.90 Å². The maximum Gasteiger partial charge on any atom is 0.0738 e. The van der Waals surface area contributed by atoms with Gasteiger partial charge in [0.25, 0.3) is 0 Å². The number of hydrogen-bond acceptors (Lipinski definition) is 5. The maximum atomic E-state index is 11.0. The first-order valence-corrected chi connectivity index (χ1v) is 7.16. The summed E-state index contributed by atoms with van der Waals surface area (Å²) in [6.45, 7) is 0. The maximum absolute atomic E-state index is 11.0. The summed E-state index contributed by atoms with van der Waals surface area (Å²) in [5.74, 6) is -1.24. The number of halogens is 1. The first kappa shape index (κ1) is 15.0. The number of fused-ring (bicyclic) bond motifs is 1. The number of pyridine rings is 1. The van der Waals surface area contributed by atoms with Crippen LogP contribution in [-0.2, 0) is 0 Å². The van der Waals surface area contributed by atoms with Gasteiger partial charge in [-0.2, -0.15) is 5.10 Å². The van der Waals surface area contributed by atoms with Crippen LogP contribution in [0.4, 0.5) is 5.69 Å². The second-order valence-electron chi connectivity index (χ2n) is 4.76. The van der Waals surface area contributed by atoms with E-state index in [1.807, 2.05) is 6.07 Å². The predicted molar refractivity (Wildman–Crippen MR) is 88.7 cm³/mol. The average molecular weight is 325 g/mol. The third-order valence-electron chi connectivity index (χ3n) is 3.27. The van der Waals surface area contributed by atoms with Crippen molar-refractivity contribution in [3.05, 3.63) is 70.9 Å². The molecule has 5 nitrogen and oxygen atoms in total. The summed E-state index contributed by atoms with van der Waals surface area (Å²) in [5.41, 5.74) is 4.93. The molecular formula is C17H11ClN3O2-. The molecule has 1 N–H and O–H groups in total. The SMILES string of the molecule is O=C([O-])c1ccccc1/C=N\Nc1ccnc2cc(Cl)ccc12. The van der Waals surface area contributed by atoms with Crippen molar-refractivity contribution in [2.75, 3.05) is 5.43 Å². The second-order valence-corrected chi connectivity index (χ2v) is 5.20. The van der Waals surface area contributed by atoms with Crippen LogP contribution in [0.25, 0.3) is 10.9 Å². The lowest BCUT2D eigenvalue weighted by Gasteiger charge is -2.07. The molecule has 2 aromatic carbocycles. The van der Waals surface area contributed by atoms with Gasteiger partial charge >= 0.3 is 0 Å². The molecule has 0 spiro atoms. The molecular weight excluding hydrogens is 314 g/mol. The Labute approximate surface area is 137 Å². The number of carboxylic acids is 1. The van der Waals surface area contributed by atoms with Gasteiger partial charge in [-0.25, -0.2) is 0 Å². The Morgan fingerprint density at radius 3 is 2.87 bits per heavy atom. The lowest BCUT2D eigenvalue weighted by Crippen LogP contribution is -2.23. The van der Waals surface area contributed by atoms with Crippen LogP contribution in [0, 0.1) is 0 Å². The van der Waals surface area contributed by atoms with Crippen LogP contribution in [0.2, 0.25) is 5.02 Å². The molecule has 0 amide bonds. The van der Waals surface area contributed by atoms with E-state index in [4.69, 9.17) is 11.6 Å². The summed E-state index contributed by atoms with van der Waals surface area (Å²) in [4.78, 5) is 15.3.